The van der Waals surface area contributed by atoms with E-state index in [-0.39, 0.29) is 21.8 Å². The van der Waals surface area contributed by atoms with Gasteiger partial charge in [-0.25, -0.2) is 0 Å². The van der Waals surface area contributed by atoms with Crippen LogP contribution in [-0.2, 0) is 4.79 Å². The molecule has 11 heteroatoms. The van der Waals surface area contributed by atoms with Gasteiger partial charge in [-0.3, -0.25) is 25.0 Å². The number of rotatable bonds is 5. The van der Waals surface area contributed by atoms with Crippen molar-refractivity contribution >= 4 is 50.3 Å². The SMILES string of the molecule is CC(=O)Nc1cc(C)ccc1N=Nc1c(Br)cc([N+](=O)[O-])cc1[N+](=O)[O-]. The minimum atomic E-state index is -0.782. The molecule has 0 aliphatic heterocycles. The van der Waals surface area contributed by atoms with Gasteiger partial charge >= 0.3 is 5.69 Å². The van der Waals surface area contributed by atoms with Crippen LogP contribution in [0, 0.1) is 27.2 Å². The van der Waals surface area contributed by atoms with Crippen LogP contribution in [0.15, 0.2) is 45.0 Å². The van der Waals surface area contributed by atoms with Gasteiger partial charge in [0.15, 0.2) is 5.69 Å². The lowest BCUT2D eigenvalue weighted by Crippen LogP contribution is -2.05. The van der Waals surface area contributed by atoms with E-state index >= 15 is 0 Å². The topological polar surface area (TPSA) is 140 Å². The standard InChI is InChI=1S/C15H12BrN5O5/c1-8-3-4-12(13(5-8)17-9(2)22)18-19-15-11(16)6-10(20(23)24)7-14(15)21(25)26/h3-7H,1-2H3,(H,17,22). The first kappa shape index (κ1) is 19.1. The molecule has 0 aliphatic carbocycles. The lowest BCUT2D eigenvalue weighted by Gasteiger charge is -2.06. The zero-order valence-corrected chi connectivity index (χ0v) is 15.2. The number of hydrogen-bond donors (Lipinski definition) is 1. The summed E-state index contributed by atoms with van der Waals surface area (Å²) in [7, 11) is 0. The molecular formula is C15H12BrN5O5. The third-order valence-corrected chi connectivity index (χ3v) is 3.76. The van der Waals surface area contributed by atoms with Crippen LogP contribution in [0.5, 0.6) is 0 Å². The molecule has 10 nitrogen and oxygen atoms in total. The van der Waals surface area contributed by atoms with Crippen molar-refractivity contribution in [2.75, 3.05) is 5.32 Å². The number of aryl methyl sites for hydroxylation is 1. The van der Waals surface area contributed by atoms with Crippen LogP contribution in [-0.4, -0.2) is 15.8 Å². The average Bonchev–Trinajstić information content (AvgIpc) is 2.53. The summed E-state index contributed by atoms with van der Waals surface area (Å²) in [4.78, 5) is 31.9. The minimum absolute atomic E-state index is 0.0512. The predicted molar refractivity (Wildman–Crippen MR) is 97.1 cm³/mol. The zero-order valence-electron chi connectivity index (χ0n) is 13.6. The van der Waals surface area contributed by atoms with Gasteiger partial charge < -0.3 is 5.32 Å². The molecule has 0 saturated carbocycles. The fraction of sp³-hybridized carbons (Fsp3) is 0.133. The van der Waals surface area contributed by atoms with Crippen molar-refractivity contribution in [2.45, 2.75) is 13.8 Å². The maximum absolute atomic E-state index is 11.3. The molecule has 2 rings (SSSR count). The highest BCUT2D eigenvalue weighted by atomic mass is 79.9. The number of nitrogens with one attached hydrogen (secondary N) is 1. The van der Waals surface area contributed by atoms with Crippen LogP contribution in [0.2, 0.25) is 0 Å². The molecule has 26 heavy (non-hydrogen) atoms. The van der Waals surface area contributed by atoms with Crippen molar-refractivity contribution in [3.05, 3.63) is 60.6 Å². The number of anilines is 1. The third-order valence-electron chi connectivity index (χ3n) is 3.16. The van der Waals surface area contributed by atoms with E-state index in [2.05, 4.69) is 31.5 Å². The first-order chi connectivity index (χ1) is 12.2. The first-order valence-electron chi connectivity index (χ1n) is 7.11. The summed E-state index contributed by atoms with van der Waals surface area (Å²) in [6.07, 6.45) is 0. The van der Waals surface area contributed by atoms with Gasteiger partial charge in [-0.15, -0.1) is 10.2 Å². The van der Waals surface area contributed by atoms with Gasteiger partial charge in [0.1, 0.15) is 5.69 Å². The summed E-state index contributed by atoms with van der Waals surface area (Å²) < 4.78 is 0.0512. The van der Waals surface area contributed by atoms with Gasteiger partial charge in [-0.1, -0.05) is 6.07 Å². The van der Waals surface area contributed by atoms with E-state index in [4.69, 9.17) is 0 Å². The van der Waals surface area contributed by atoms with Gasteiger partial charge in [0, 0.05) is 13.0 Å². The molecule has 0 aromatic heterocycles. The Morgan fingerprint density at radius 1 is 1.12 bits per heavy atom. The van der Waals surface area contributed by atoms with Crippen LogP contribution >= 0.6 is 15.9 Å². The summed E-state index contributed by atoms with van der Waals surface area (Å²) in [5.74, 6) is -0.311. The number of azo groups is 1. The Labute approximate surface area is 155 Å². The number of nitrogens with zero attached hydrogens (tertiary/aromatic N) is 4. The molecule has 0 bridgehead atoms. The van der Waals surface area contributed by atoms with E-state index in [1.54, 1.807) is 18.2 Å². The number of non-ortho nitro benzene ring substituents is 1. The highest BCUT2D eigenvalue weighted by Gasteiger charge is 2.23. The average molecular weight is 422 g/mol. The van der Waals surface area contributed by atoms with Crippen LogP contribution < -0.4 is 5.32 Å². The smallest absolute Gasteiger partial charge is 0.304 e. The summed E-state index contributed by atoms with van der Waals surface area (Å²) in [6, 6.07) is 6.91. The Morgan fingerprint density at radius 3 is 2.38 bits per heavy atom. The molecule has 134 valence electrons. The van der Waals surface area contributed by atoms with E-state index in [1.807, 2.05) is 6.92 Å². The Bertz CT molecular complexity index is 944. The third kappa shape index (κ3) is 4.45. The van der Waals surface area contributed by atoms with Gasteiger partial charge in [0.2, 0.25) is 5.91 Å². The number of carbonyl (C=O) groups excluding carboxylic acids is 1. The fourth-order valence-corrected chi connectivity index (χ4v) is 2.56. The Kier molecular flexibility index (Phi) is 5.72. The molecule has 0 heterocycles. The second-order valence-corrected chi connectivity index (χ2v) is 6.07. The van der Waals surface area contributed by atoms with E-state index < -0.39 is 21.2 Å². The van der Waals surface area contributed by atoms with E-state index in [0.29, 0.717) is 5.69 Å². The number of hydrogen-bond acceptors (Lipinski definition) is 7. The molecule has 2 aromatic rings. The van der Waals surface area contributed by atoms with Gasteiger partial charge in [-0.2, -0.15) is 0 Å². The molecule has 0 aliphatic rings. The number of carbonyl (C=O) groups is 1. The van der Waals surface area contributed by atoms with E-state index in [0.717, 1.165) is 17.7 Å². The fourth-order valence-electron chi connectivity index (χ4n) is 2.04. The van der Waals surface area contributed by atoms with E-state index in [1.165, 1.54) is 6.92 Å². The predicted octanol–water partition coefficient (Wildman–Crippen LogP) is 4.95. The summed E-state index contributed by atoms with van der Waals surface area (Å²) in [6.45, 7) is 3.16. The zero-order chi connectivity index (χ0) is 19.4. The van der Waals surface area contributed by atoms with Crippen molar-refractivity contribution in [1.29, 1.82) is 0 Å². The summed E-state index contributed by atoms with van der Waals surface area (Å²) in [5.41, 5.74) is 0.359. The van der Waals surface area contributed by atoms with Gasteiger partial charge in [-0.05, 0) is 40.5 Å². The molecule has 0 saturated heterocycles. The van der Waals surface area contributed by atoms with E-state index in [9.17, 15) is 25.0 Å². The molecule has 1 N–H and O–H groups in total. The van der Waals surface area contributed by atoms with Gasteiger partial charge in [0.25, 0.3) is 5.69 Å². The second kappa shape index (κ2) is 7.78. The van der Waals surface area contributed by atoms with Crippen molar-refractivity contribution in [1.82, 2.24) is 0 Å². The largest absolute Gasteiger partial charge is 0.324 e. The maximum Gasteiger partial charge on any atom is 0.304 e. The Hall–Kier alpha value is -3.21. The minimum Gasteiger partial charge on any atom is -0.324 e. The maximum atomic E-state index is 11.3. The normalized spacial score (nSPS) is 10.7. The number of benzene rings is 2. The number of amides is 1. The number of nitro groups is 2. The monoisotopic (exact) mass is 421 g/mol. The first-order valence-corrected chi connectivity index (χ1v) is 7.90. The lowest BCUT2D eigenvalue weighted by molar-refractivity contribution is -0.393. The van der Waals surface area contributed by atoms with Crippen molar-refractivity contribution in [3.63, 3.8) is 0 Å². The van der Waals surface area contributed by atoms with Crippen LogP contribution in [0.25, 0.3) is 0 Å². The quantitative estimate of drug-likeness (QED) is 0.413. The van der Waals surface area contributed by atoms with Crippen LogP contribution in [0.1, 0.15) is 12.5 Å². The highest BCUT2D eigenvalue weighted by molar-refractivity contribution is 9.10. The molecule has 0 unspecified atom stereocenters. The summed E-state index contributed by atoms with van der Waals surface area (Å²) in [5, 5.41) is 32.5. The van der Waals surface area contributed by atoms with Gasteiger partial charge in [0.05, 0.1) is 26.1 Å². The van der Waals surface area contributed by atoms with Crippen molar-refractivity contribution in [2.24, 2.45) is 10.2 Å². The highest BCUT2D eigenvalue weighted by Crippen LogP contribution is 2.40. The molecule has 2 aromatic carbocycles. The van der Waals surface area contributed by atoms with Crippen LogP contribution in [0.4, 0.5) is 28.4 Å². The summed E-state index contributed by atoms with van der Waals surface area (Å²) >= 11 is 3.05. The molecule has 0 atom stereocenters. The molecule has 0 radical (unpaired) electrons. The number of nitro benzene ring substituents is 2. The molecule has 0 fully saturated rings. The van der Waals surface area contributed by atoms with Crippen molar-refractivity contribution in [3.8, 4) is 0 Å². The Morgan fingerprint density at radius 2 is 1.81 bits per heavy atom. The molecule has 1 amide bonds. The van der Waals surface area contributed by atoms with Crippen molar-refractivity contribution < 1.29 is 14.6 Å². The lowest BCUT2D eigenvalue weighted by atomic mass is 10.2. The number of halogens is 1. The molecular weight excluding hydrogens is 410 g/mol. The second-order valence-electron chi connectivity index (χ2n) is 5.21. The Balaban J connectivity index is 2.53. The van der Waals surface area contributed by atoms with Crippen LogP contribution in [0.3, 0.4) is 0 Å². The molecule has 0 spiro atoms.